The van der Waals surface area contributed by atoms with Crippen molar-refractivity contribution >= 4 is 17.9 Å². The van der Waals surface area contributed by atoms with Gasteiger partial charge in [-0.2, -0.15) is 0 Å². The Labute approximate surface area is 130 Å². The van der Waals surface area contributed by atoms with Crippen LogP contribution in [0, 0.1) is 10.8 Å². The summed E-state index contributed by atoms with van der Waals surface area (Å²) < 4.78 is 10.5. The van der Waals surface area contributed by atoms with Gasteiger partial charge in [0.15, 0.2) is 6.10 Å². The molecule has 0 aromatic heterocycles. The van der Waals surface area contributed by atoms with Crippen LogP contribution in [-0.4, -0.2) is 35.2 Å². The van der Waals surface area contributed by atoms with Crippen LogP contribution in [0.25, 0.3) is 0 Å². The molecule has 22 heavy (non-hydrogen) atoms. The molecule has 0 amide bonds. The van der Waals surface area contributed by atoms with E-state index >= 15 is 0 Å². The summed E-state index contributed by atoms with van der Waals surface area (Å²) in [6.45, 7) is 14.7. The number of esters is 2. The minimum atomic E-state index is -1.47. The number of hydrogen-bond acceptors (Lipinski definition) is 5. The summed E-state index contributed by atoms with van der Waals surface area (Å²) in [4.78, 5) is 34.7. The Morgan fingerprint density at radius 3 is 1.55 bits per heavy atom. The van der Waals surface area contributed by atoms with Crippen molar-refractivity contribution in [2.24, 2.45) is 10.8 Å². The molecule has 2 unspecified atom stereocenters. The zero-order chi connectivity index (χ0) is 17.7. The molecule has 0 aromatic rings. The summed E-state index contributed by atoms with van der Waals surface area (Å²) in [7, 11) is 0. The van der Waals surface area contributed by atoms with E-state index in [1.54, 1.807) is 20.8 Å². The van der Waals surface area contributed by atoms with Crippen molar-refractivity contribution in [3.8, 4) is 0 Å². The minimum absolute atomic E-state index is 0.669. The molecule has 0 bridgehead atoms. The van der Waals surface area contributed by atoms with Gasteiger partial charge in [0.1, 0.15) is 11.5 Å². The Kier molecular flexibility index (Phi) is 6.55. The van der Waals surface area contributed by atoms with Crippen molar-refractivity contribution in [3.05, 3.63) is 25.3 Å². The molecule has 6 nitrogen and oxygen atoms in total. The van der Waals surface area contributed by atoms with Crippen LogP contribution < -0.4 is 0 Å². The molecule has 0 saturated heterocycles. The van der Waals surface area contributed by atoms with Gasteiger partial charge < -0.3 is 14.6 Å². The average molecular weight is 312 g/mol. The minimum Gasteiger partial charge on any atom is -0.481 e. The second-order valence-electron chi connectivity index (χ2n) is 6.52. The van der Waals surface area contributed by atoms with Crippen molar-refractivity contribution in [1.82, 2.24) is 0 Å². The van der Waals surface area contributed by atoms with Gasteiger partial charge in [0.25, 0.3) is 0 Å². The summed E-state index contributed by atoms with van der Waals surface area (Å²) in [6.07, 6.45) is -0.272. The first-order valence-corrected chi connectivity index (χ1v) is 6.77. The molecule has 0 aromatic carbocycles. The molecule has 0 rings (SSSR count). The lowest BCUT2D eigenvalue weighted by molar-refractivity contribution is -0.190. The maximum absolute atomic E-state index is 11.6. The fourth-order valence-corrected chi connectivity index (χ4v) is 1.75. The fourth-order valence-electron chi connectivity index (χ4n) is 1.75. The number of carbonyl (C=O) groups excluding carboxylic acids is 2. The highest BCUT2D eigenvalue weighted by Crippen LogP contribution is 2.36. The number of carboxylic acid groups (broad SMARTS) is 1. The predicted molar refractivity (Wildman–Crippen MR) is 81.0 cm³/mol. The maximum atomic E-state index is 11.6. The van der Waals surface area contributed by atoms with Gasteiger partial charge in [-0.3, -0.25) is 4.79 Å². The molecule has 2 atom stereocenters. The van der Waals surface area contributed by atoms with Gasteiger partial charge in [-0.05, 0) is 13.8 Å². The number of hydrogen-bond donors (Lipinski definition) is 1. The first-order valence-electron chi connectivity index (χ1n) is 6.77. The van der Waals surface area contributed by atoms with Crippen LogP contribution in [0.3, 0.4) is 0 Å². The Morgan fingerprint density at radius 1 is 0.909 bits per heavy atom. The van der Waals surface area contributed by atoms with E-state index in [2.05, 4.69) is 13.2 Å². The summed E-state index contributed by atoms with van der Waals surface area (Å²) in [5, 5.41) is 9.43. The summed E-state index contributed by atoms with van der Waals surface area (Å²) in [5.74, 6) is -2.69. The molecule has 6 heteroatoms. The first kappa shape index (κ1) is 19.9. The molecule has 1 N–H and O–H groups in total. The third kappa shape index (κ3) is 5.02. The normalized spacial score (nSPS) is 14.4. The zero-order valence-electron chi connectivity index (χ0n) is 13.7. The Balaban J connectivity index is 5.88. The summed E-state index contributed by atoms with van der Waals surface area (Å²) >= 11 is 0. The van der Waals surface area contributed by atoms with Crippen LogP contribution in [-0.2, 0) is 23.9 Å². The molecule has 0 fully saturated rings. The average Bonchev–Trinajstić information content (AvgIpc) is 2.40. The lowest BCUT2D eigenvalue weighted by atomic mass is 9.75. The van der Waals surface area contributed by atoms with E-state index in [4.69, 9.17) is 9.47 Å². The summed E-state index contributed by atoms with van der Waals surface area (Å²) in [6, 6.07) is 0. The van der Waals surface area contributed by atoms with E-state index in [-0.39, 0.29) is 0 Å². The predicted octanol–water partition coefficient (Wildman–Crippen LogP) is 2.34. The fraction of sp³-hybridized carbons (Fsp3) is 0.562. The molecule has 0 aliphatic rings. The largest absolute Gasteiger partial charge is 0.481 e. The van der Waals surface area contributed by atoms with Gasteiger partial charge in [-0.25, -0.2) is 9.59 Å². The van der Waals surface area contributed by atoms with Gasteiger partial charge in [0.2, 0.25) is 0 Å². The van der Waals surface area contributed by atoms with Gasteiger partial charge >= 0.3 is 17.9 Å². The van der Waals surface area contributed by atoms with Crippen LogP contribution in [0.5, 0.6) is 0 Å². The van der Waals surface area contributed by atoms with E-state index < -0.39 is 40.9 Å². The third-order valence-corrected chi connectivity index (χ3v) is 3.21. The molecule has 0 spiro atoms. The van der Waals surface area contributed by atoms with Crippen molar-refractivity contribution in [2.75, 3.05) is 0 Å². The van der Waals surface area contributed by atoms with Gasteiger partial charge in [-0.15, -0.1) is 0 Å². The smallest absolute Gasteiger partial charge is 0.330 e. The van der Waals surface area contributed by atoms with Crippen molar-refractivity contribution < 1.29 is 29.0 Å². The first-order chi connectivity index (χ1) is 9.87. The topological polar surface area (TPSA) is 89.9 Å². The Bertz CT molecular complexity index is 470. The van der Waals surface area contributed by atoms with Crippen LogP contribution in [0.1, 0.15) is 34.6 Å². The lowest BCUT2D eigenvalue weighted by Crippen LogP contribution is -2.53. The Hall–Kier alpha value is -2.11. The van der Waals surface area contributed by atoms with Gasteiger partial charge in [0, 0.05) is 17.6 Å². The van der Waals surface area contributed by atoms with E-state index in [1.807, 2.05) is 0 Å². The molecule has 0 saturated carbocycles. The van der Waals surface area contributed by atoms with Crippen molar-refractivity contribution in [3.63, 3.8) is 0 Å². The molecule has 124 valence electrons. The van der Waals surface area contributed by atoms with Crippen LogP contribution in [0.2, 0.25) is 0 Å². The molecular formula is C16H24O6. The van der Waals surface area contributed by atoms with E-state index in [0.29, 0.717) is 0 Å². The molecule has 0 radical (unpaired) electrons. The van der Waals surface area contributed by atoms with Gasteiger partial charge in [-0.1, -0.05) is 33.9 Å². The molecule has 0 aliphatic heterocycles. The number of aliphatic carboxylic acids is 1. The molecular weight excluding hydrogens is 288 g/mol. The lowest BCUT2D eigenvalue weighted by Gasteiger charge is -2.41. The SMILES string of the molecule is C=CC(=O)OC(C(OC(=O)C=C)C(C)(C)C(=O)O)C(C)(C)C. The highest BCUT2D eigenvalue weighted by molar-refractivity contribution is 5.83. The van der Waals surface area contributed by atoms with Crippen molar-refractivity contribution in [1.29, 1.82) is 0 Å². The monoisotopic (exact) mass is 312 g/mol. The van der Waals surface area contributed by atoms with Gasteiger partial charge in [0.05, 0.1) is 0 Å². The van der Waals surface area contributed by atoms with Crippen LogP contribution in [0.15, 0.2) is 25.3 Å². The number of carbonyl (C=O) groups is 3. The maximum Gasteiger partial charge on any atom is 0.330 e. The molecule has 0 heterocycles. The van der Waals surface area contributed by atoms with E-state index in [9.17, 15) is 19.5 Å². The van der Waals surface area contributed by atoms with Crippen molar-refractivity contribution in [2.45, 2.75) is 46.8 Å². The summed E-state index contributed by atoms with van der Waals surface area (Å²) in [5.41, 5.74) is -2.14. The second-order valence-corrected chi connectivity index (χ2v) is 6.52. The van der Waals surface area contributed by atoms with E-state index in [0.717, 1.165) is 12.2 Å². The molecule has 0 aliphatic carbocycles. The Morgan fingerprint density at radius 2 is 1.27 bits per heavy atom. The number of rotatable bonds is 7. The highest BCUT2D eigenvalue weighted by Gasteiger charge is 2.50. The second kappa shape index (κ2) is 7.24. The standard InChI is InChI=1S/C16H24O6/c1-8-10(17)21-12(15(3,4)5)13(22-11(18)9-2)16(6,7)14(19)20/h8-9,12-13H,1-2H2,3-7H3,(H,19,20). The van der Waals surface area contributed by atoms with Crippen LogP contribution >= 0.6 is 0 Å². The number of carboxylic acids is 1. The number of ether oxygens (including phenoxy) is 2. The highest BCUT2D eigenvalue weighted by atomic mass is 16.6. The quantitative estimate of drug-likeness (QED) is 0.573. The zero-order valence-corrected chi connectivity index (χ0v) is 13.7. The third-order valence-electron chi connectivity index (χ3n) is 3.21. The van der Waals surface area contributed by atoms with Crippen LogP contribution in [0.4, 0.5) is 0 Å². The van der Waals surface area contributed by atoms with E-state index in [1.165, 1.54) is 13.8 Å².